The van der Waals surface area contributed by atoms with Crippen molar-refractivity contribution in [1.82, 2.24) is 15.4 Å². The van der Waals surface area contributed by atoms with Gasteiger partial charge in [0.2, 0.25) is 0 Å². The largest absolute Gasteiger partial charge is 0.363 e. The van der Waals surface area contributed by atoms with E-state index >= 15 is 0 Å². The normalized spacial score (nSPS) is 15.1. The number of nitrogens with zero attached hydrogens (tertiary/aromatic N) is 2. The van der Waals surface area contributed by atoms with Gasteiger partial charge in [0.05, 0.1) is 5.56 Å². The first-order valence-electron chi connectivity index (χ1n) is 7.82. The summed E-state index contributed by atoms with van der Waals surface area (Å²) in [5.74, 6) is -0.201. The van der Waals surface area contributed by atoms with Gasteiger partial charge in [0.1, 0.15) is 6.26 Å². The highest BCUT2D eigenvalue weighted by molar-refractivity contribution is 5.98. The third-order valence-corrected chi connectivity index (χ3v) is 3.99. The zero-order valence-corrected chi connectivity index (χ0v) is 12.8. The highest BCUT2D eigenvalue weighted by Crippen LogP contribution is 2.24. The predicted octanol–water partition coefficient (Wildman–Crippen LogP) is 2.69. The monoisotopic (exact) mass is 299 g/mol. The van der Waals surface area contributed by atoms with E-state index < -0.39 is 0 Å². The van der Waals surface area contributed by atoms with Gasteiger partial charge in [-0.3, -0.25) is 9.69 Å². The van der Waals surface area contributed by atoms with Gasteiger partial charge < -0.3 is 9.84 Å². The number of carbonyl (C=O) groups is 1. The van der Waals surface area contributed by atoms with Gasteiger partial charge in [-0.15, -0.1) is 0 Å². The lowest BCUT2D eigenvalue weighted by atomic mass is 10.0. The third-order valence-electron chi connectivity index (χ3n) is 3.99. The zero-order valence-electron chi connectivity index (χ0n) is 12.8. The number of carbonyl (C=O) groups excluding carboxylic acids is 1. The third kappa shape index (κ3) is 3.20. The topological polar surface area (TPSA) is 58.4 Å². The van der Waals surface area contributed by atoms with Crippen molar-refractivity contribution in [2.75, 3.05) is 19.6 Å². The van der Waals surface area contributed by atoms with Gasteiger partial charge in [0, 0.05) is 13.1 Å². The summed E-state index contributed by atoms with van der Waals surface area (Å²) in [6, 6.07) is 8.28. The summed E-state index contributed by atoms with van der Waals surface area (Å²) in [5.41, 5.74) is 3.32. The van der Waals surface area contributed by atoms with E-state index in [2.05, 4.69) is 27.5 Å². The molecule has 1 aliphatic rings. The number of aromatic nitrogens is 1. The molecular weight excluding hydrogens is 278 g/mol. The van der Waals surface area contributed by atoms with E-state index in [1.54, 1.807) is 0 Å². The maximum absolute atomic E-state index is 12.0. The average Bonchev–Trinajstić information content (AvgIpc) is 3.19. The van der Waals surface area contributed by atoms with Gasteiger partial charge >= 0.3 is 0 Å². The van der Waals surface area contributed by atoms with Crippen molar-refractivity contribution < 1.29 is 9.32 Å². The fourth-order valence-electron chi connectivity index (χ4n) is 2.84. The molecule has 0 unspecified atom stereocenters. The van der Waals surface area contributed by atoms with Gasteiger partial charge in [-0.25, -0.2) is 0 Å². The molecule has 2 aromatic rings. The van der Waals surface area contributed by atoms with Gasteiger partial charge in [0.15, 0.2) is 5.69 Å². The highest BCUT2D eigenvalue weighted by atomic mass is 16.5. The number of hydrogen-bond donors (Lipinski definition) is 1. The van der Waals surface area contributed by atoms with Crippen molar-refractivity contribution in [3.05, 3.63) is 41.8 Å². The van der Waals surface area contributed by atoms with E-state index in [1.165, 1.54) is 37.8 Å². The second-order valence-corrected chi connectivity index (χ2v) is 5.62. The maximum Gasteiger partial charge on any atom is 0.274 e. The fraction of sp³-hybridized carbons (Fsp3) is 0.412. The molecule has 0 atom stereocenters. The number of amides is 1. The second kappa shape index (κ2) is 6.75. The summed E-state index contributed by atoms with van der Waals surface area (Å²) in [5, 5.41) is 6.57. The fourth-order valence-corrected chi connectivity index (χ4v) is 2.84. The van der Waals surface area contributed by atoms with E-state index in [0.717, 1.165) is 17.7 Å². The molecule has 5 heteroatoms. The minimum absolute atomic E-state index is 0.201. The van der Waals surface area contributed by atoms with Crippen LogP contribution in [0.25, 0.3) is 11.1 Å². The first-order chi connectivity index (χ1) is 10.8. The Balaban J connectivity index is 1.75. The Morgan fingerprint density at radius 2 is 2.00 bits per heavy atom. The summed E-state index contributed by atoms with van der Waals surface area (Å²) in [4.78, 5) is 14.4. The van der Waals surface area contributed by atoms with Gasteiger partial charge in [-0.1, -0.05) is 29.4 Å². The van der Waals surface area contributed by atoms with E-state index in [1.807, 2.05) is 19.1 Å². The Morgan fingerprint density at radius 3 is 2.68 bits per heavy atom. The van der Waals surface area contributed by atoms with Gasteiger partial charge in [-0.2, -0.15) is 0 Å². The minimum Gasteiger partial charge on any atom is -0.363 e. The lowest BCUT2D eigenvalue weighted by Gasteiger charge is -2.14. The lowest BCUT2D eigenvalue weighted by Crippen LogP contribution is -2.23. The molecule has 0 spiro atoms. The smallest absolute Gasteiger partial charge is 0.274 e. The number of likely N-dealkylation sites (tertiary alicyclic amines) is 1. The summed E-state index contributed by atoms with van der Waals surface area (Å²) in [7, 11) is 0. The molecule has 0 aliphatic carbocycles. The van der Waals surface area contributed by atoms with Crippen molar-refractivity contribution >= 4 is 5.91 Å². The van der Waals surface area contributed by atoms with Crippen molar-refractivity contribution in [2.24, 2.45) is 0 Å². The van der Waals surface area contributed by atoms with Crippen LogP contribution >= 0.6 is 0 Å². The van der Waals surface area contributed by atoms with Crippen LogP contribution in [-0.4, -0.2) is 35.6 Å². The quantitative estimate of drug-likeness (QED) is 0.922. The second-order valence-electron chi connectivity index (χ2n) is 5.62. The molecule has 0 saturated carbocycles. The Bertz CT molecular complexity index is 628. The van der Waals surface area contributed by atoms with Crippen LogP contribution in [0.3, 0.4) is 0 Å². The van der Waals surface area contributed by atoms with Crippen LogP contribution in [-0.2, 0) is 6.54 Å². The van der Waals surface area contributed by atoms with Crippen LogP contribution in [0.15, 0.2) is 35.1 Å². The van der Waals surface area contributed by atoms with Crippen LogP contribution in [0.1, 0.15) is 35.8 Å². The molecule has 116 valence electrons. The van der Waals surface area contributed by atoms with E-state index in [4.69, 9.17) is 4.52 Å². The molecule has 2 heterocycles. The molecule has 1 aliphatic heterocycles. The first kappa shape index (κ1) is 14.8. The van der Waals surface area contributed by atoms with Crippen LogP contribution in [0, 0.1) is 0 Å². The standard InChI is InChI=1S/C17H21N3O2/c1-2-18-17(21)16-15(12-22-19-16)14-7-5-13(6-8-14)11-20-9-3-4-10-20/h5-8,12H,2-4,9-11H2,1H3,(H,18,21). The Kier molecular flexibility index (Phi) is 4.53. The summed E-state index contributed by atoms with van der Waals surface area (Å²) in [6.07, 6.45) is 4.13. The molecule has 3 rings (SSSR count). The molecule has 1 aromatic carbocycles. The maximum atomic E-state index is 12.0. The van der Waals surface area contributed by atoms with E-state index in [-0.39, 0.29) is 5.91 Å². The number of rotatable bonds is 5. The molecule has 22 heavy (non-hydrogen) atoms. The molecule has 1 aromatic heterocycles. The summed E-state index contributed by atoms with van der Waals surface area (Å²) < 4.78 is 4.99. The van der Waals surface area contributed by atoms with Crippen molar-refractivity contribution in [2.45, 2.75) is 26.3 Å². The van der Waals surface area contributed by atoms with E-state index in [9.17, 15) is 4.79 Å². The Hall–Kier alpha value is -2.14. The van der Waals surface area contributed by atoms with Crippen LogP contribution in [0.5, 0.6) is 0 Å². The molecule has 5 nitrogen and oxygen atoms in total. The zero-order chi connectivity index (χ0) is 15.4. The molecule has 1 fully saturated rings. The van der Waals surface area contributed by atoms with Crippen molar-refractivity contribution in [3.8, 4) is 11.1 Å². The van der Waals surface area contributed by atoms with Gasteiger partial charge in [-0.05, 0) is 44.0 Å². The highest BCUT2D eigenvalue weighted by Gasteiger charge is 2.17. The molecule has 0 bridgehead atoms. The minimum atomic E-state index is -0.201. The number of hydrogen-bond acceptors (Lipinski definition) is 4. The SMILES string of the molecule is CCNC(=O)c1nocc1-c1ccc(CN2CCCC2)cc1. The molecule has 1 amide bonds. The van der Waals surface area contributed by atoms with Crippen LogP contribution in [0.4, 0.5) is 0 Å². The number of benzene rings is 1. The number of nitrogens with one attached hydrogen (secondary N) is 1. The molecule has 1 N–H and O–H groups in total. The molecule has 0 radical (unpaired) electrons. The van der Waals surface area contributed by atoms with Crippen LogP contribution in [0.2, 0.25) is 0 Å². The average molecular weight is 299 g/mol. The van der Waals surface area contributed by atoms with Gasteiger partial charge in [0.25, 0.3) is 5.91 Å². The summed E-state index contributed by atoms with van der Waals surface area (Å²) in [6.45, 7) is 5.82. The van der Waals surface area contributed by atoms with Crippen molar-refractivity contribution in [1.29, 1.82) is 0 Å². The Labute approximate surface area is 130 Å². The van der Waals surface area contributed by atoms with E-state index in [0.29, 0.717) is 12.2 Å². The lowest BCUT2D eigenvalue weighted by molar-refractivity contribution is 0.0947. The first-order valence-corrected chi connectivity index (χ1v) is 7.82. The predicted molar refractivity (Wildman–Crippen MR) is 84.5 cm³/mol. The summed E-state index contributed by atoms with van der Waals surface area (Å²) >= 11 is 0. The molecular formula is C17H21N3O2. The molecule has 1 saturated heterocycles. The Morgan fingerprint density at radius 1 is 1.27 bits per heavy atom. The van der Waals surface area contributed by atoms with Crippen LogP contribution < -0.4 is 5.32 Å². The van der Waals surface area contributed by atoms with Crippen molar-refractivity contribution in [3.63, 3.8) is 0 Å².